The molecule has 23 heavy (non-hydrogen) atoms. The fraction of sp³-hybridized carbons (Fsp3) is 0.222. The first-order chi connectivity index (χ1) is 11.1. The van der Waals surface area contributed by atoms with E-state index in [2.05, 4.69) is 15.3 Å². The summed E-state index contributed by atoms with van der Waals surface area (Å²) in [5, 5.41) is 2.86. The number of nitrogens with zero attached hydrogens (tertiary/aromatic N) is 1. The van der Waals surface area contributed by atoms with Gasteiger partial charge in [-0.15, -0.1) is 0 Å². The first-order valence-corrected chi connectivity index (χ1v) is 7.52. The molecule has 0 saturated carbocycles. The minimum atomic E-state index is -0.144. The smallest absolute Gasteiger partial charge is 0.258 e. The van der Waals surface area contributed by atoms with Gasteiger partial charge in [0, 0.05) is 6.54 Å². The highest BCUT2D eigenvalue weighted by Gasteiger charge is 2.06. The maximum absolute atomic E-state index is 11.9. The normalized spacial score (nSPS) is 10.7. The number of benzene rings is 2. The maximum atomic E-state index is 11.9. The average molecular weight is 309 g/mol. The molecule has 2 N–H and O–H groups in total. The van der Waals surface area contributed by atoms with Crippen molar-refractivity contribution in [2.75, 3.05) is 6.61 Å². The molecular formula is C18H19N3O2. The summed E-state index contributed by atoms with van der Waals surface area (Å²) in [6, 6.07) is 13.6. The van der Waals surface area contributed by atoms with Gasteiger partial charge < -0.3 is 15.0 Å². The highest BCUT2D eigenvalue weighted by Crippen LogP contribution is 2.16. The van der Waals surface area contributed by atoms with Crippen molar-refractivity contribution in [3.63, 3.8) is 0 Å². The van der Waals surface area contributed by atoms with Crippen LogP contribution in [0.2, 0.25) is 0 Å². The molecule has 0 spiro atoms. The summed E-state index contributed by atoms with van der Waals surface area (Å²) in [6.45, 7) is 4.35. The second-order valence-electron chi connectivity index (χ2n) is 5.50. The van der Waals surface area contributed by atoms with Crippen LogP contribution in [0.25, 0.3) is 11.0 Å². The van der Waals surface area contributed by atoms with E-state index in [9.17, 15) is 4.79 Å². The number of ether oxygens (including phenoxy) is 1. The summed E-state index contributed by atoms with van der Waals surface area (Å²) in [6.07, 6.45) is 0. The van der Waals surface area contributed by atoms with Crippen molar-refractivity contribution in [3.05, 3.63) is 59.4 Å². The lowest BCUT2D eigenvalue weighted by molar-refractivity contribution is -0.123. The Bertz CT molecular complexity index is 839. The number of H-pyrrole nitrogens is 1. The van der Waals surface area contributed by atoms with Crippen LogP contribution in [-0.2, 0) is 11.3 Å². The molecule has 0 aliphatic heterocycles. The lowest BCUT2D eigenvalue weighted by Gasteiger charge is -2.09. The summed E-state index contributed by atoms with van der Waals surface area (Å²) in [7, 11) is 0. The van der Waals surface area contributed by atoms with E-state index in [1.165, 1.54) is 0 Å². The van der Waals surface area contributed by atoms with Crippen LogP contribution >= 0.6 is 0 Å². The van der Waals surface area contributed by atoms with Gasteiger partial charge in [-0.2, -0.15) is 0 Å². The van der Waals surface area contributed by atoms with Crippen molar-refractivity contribution in [1.82, 2.24) is 15.3 Å². The fourth-order valence-electron chi connectivity index (χ4n) is 2.41. The molecule has 0 fully saturated rings. The Morgan fingerprint density at radius 2 is 2.04 bits per heavy atom. The number of imidazole rings is 1. The Hall–Kier alpha value is -2.82. The van der Waals surface area contributed by atoms with Crippen molar-refractivity contribution in [3.8, 4) is 5.75 Å². The van der Waals surface area contributed by atoms with E-state index < -0.39 is 0 Å². The molecule has 2 aromatic carbocycles. The van der Waals surface area contributed by atoms with Gasteiger partial charge in [0.25, 0.3) is 5.91 Å². The molecule has 0 radical (unpaired) electrons. The molecule has 3 rings (SSSR count). The first-order valence-electron chi connectivity index (χ1n) is 7.52. The molecule has 0 saturated heterocycles. The van der Waals surface area contributed by atoms with Gasteiger partial charge in [0.05, 0.1) is 11.0 Å². The predicted molar refractivity (Wildman–Crippen MR) is 89.4 cm³/mol. The monoisotopic (exact) mass is 309 g/mol. The van der Waals surface area contributed by atoms with Crippen molar-refractivity contribution in [2.45, 2.75) is 20.4 Å². The molecule has 118 valence electrons. The van der Waals surface area contributed by atoms with Gasteiger partial charge >= 0.3 is 0 Å². The number of fused-ring (bicyclic) bond motifs is 1. The maximum Gasteiger partial charge on any atom is 0.258 e. The Morgan fingerprint density at radius 1 is 1.22 bits per heavy atom. The van der Waals surface area contributed by atoms with Crippen molar-refractivity contribution >= 4 is 16.9 Å². The highest BCUT2D eigenvalue weighted by atomic mass is 16.5. The minimum Gasteiger partial charge on any atom is -0.484 e. The van der Waals surface area contributed by atoms with E-state index in [1.54, 1.807) is 0 Å². The van der Waals surface area contributed by atoms with E-state index in [0.29, 0.717) is 6.54 Å². The van der Waals surface area contributed by atoms with Crippen LogP contribution < -0.4 is 10.1 Å². The number of carbonyl (C=O) groups is 1. The number of hydrogen-bond donors (Lipinski definition) is 2. The fourth-order valence-corrected chi connectivity index (χ4v) is 2.41. The van der Waals surface area contributed by atoms with Gasteiger partial charge in [-0.25, -0.2) is 4.98 Å². The third-order valence-corrected chi connectivity index (χ3v) is 3.61. The summed E-state index contributed by atoms with van der Waals surface area (Å²) in [5.74, 6) is 1.47. The van der Waals surface area contributed by atoms with Crippen LogP contribution in [0.3, 0.4) is 0 Å². The topological polar surface area (TPSA) is 67.0 Å². The van der Waals surface area contributed by atoms with E-state index in [4.69, 9.17) is 4.74 Å². The van der Waals surface area contributed by atoms with Crippen molar-refractivity contribution < 1.29 is 9.53 Å². The molecule has 5 nitrogen and oxygen atoms in total. The molecule has 3 aromatic rings. The second kappa shape index (κ2) is 6.52. The SMILES string of the molecule is Cc1nc2ccc(CNC(=O)COc3ccccc3C)cc2[nH]1. The molecule has 1 aromatic heterocycles. The highest BCUT2D eigenvalue weighted by molar-refractivity contribution is 5.78. The number of nitrogens with one attached hydrogen (secondary N) is 2. The Kier molecular flexibility index (Phi) is 4.28. The van der Waals surface area contributed by atoms with E-state index >= 15 is 0 Å². The number of rotatable bonds is 5. The number of amides is 1. The molecule has 1 heterocycles. The number of hydrogen-bond acceptors (Lipinski definition) is 3. The number of aromatic amines is 1. The zero-order chi connectivity index (χ0) is 16.2. The van der Waals surface area contributed by atoms with E-state index in [1.807, 2.05) is 56.3 Å². The Balaban J connectivity index is 1.54. The zero-order valence-electron chi connectivity index (χ0n) is 13.2. The lowest BCUT2D eigenvalue weighted by atomic mass is 10.2. The minimum absolute atomic E-state index is 0.0102. The van der Waals surface area contributed by atoms with Crippen LogP contribution in [0.15, 0.2) is 42.5 Å². The predicted octanol–water partition coefficient (Wildman–Crippen LogP) is 2.87. The molecule has 1 amide bonds. The number of para-hydroxylation sites is 1. The summed E-state index contributed by atoms with van der Waals surface area (Å²) in [5.41, 5.74) is 3.94. The lowest BCUT2D eigenvalue weighted by Crippen LogP contribution is -2.28. The van der Waals surface area contributed by atoms with Gasteiger partial charge in [-0.3, -0.25) is 4.79 Å². The van der Waals surface area contributed by atoms with Gasteiger partial charge in [0.1, 0.15) is 11.6 Å². The summed E-state index contributed by atoms with van der Waals surface area (Å²) < 4.78 is 5.53. The number of aryl methyl sites for hydroxylation is 2. The molecule has 0 unspecified atom stereocenters. The number of aromatic nitrogens is 2. The number of carbonyl (C=O) groups excluding carboxylic acids is 1. The van der Waals surface area contributed by atoms with Gasteiger partial charge in [-0.1, -0.05) is 24.3 Å². The Labute approximate surface area is 134 Å². The van der Waals surface area contributed by atoms with Crippen LogP contribution in [0.1, 0.15) is 17.0 Å². The van der Waals surface area contributed by atoms with Crippen LogP contribution in [0.5, 0.6) is 5.75 Å². The quantitative estimate of drug-likeness (QED) is 0.761. The average Bonchev–Trinajstić information content (AvgIpc) is 2.91. The summed E-state index contributed by atoms with van der Waals surface area (Å²) >= 11 is 0. The molecular weight excluding hydrogens is 290 g/mol. The van der Waals surface area contributed by atoms with Gasteiger partial charge in [0.15, 0.2) is 6.61 Å². The van der Waals surface area contributed by atoms with Gasteiger partial charge in [-0.05, 0) is 43.2 Å². The zero-order valence-corrected chi connectivity index (χ0v) is 13.2. The molecule has 0 bridgehead atoms. The Morgan fingerprint density at radius 3 is 2.87 bits per heavy atom. The third kappa shape index (κ3) is 3.69. The van der Waals surface area contributed by atoms with Crippen molar-refractivity contribution in [2.24, 2.45) is 0 Å². The second-order valence-corrected chi connectivity index (χ2v) is 5.50. The first kappa shape index (κ1) is 15.1. The largest absolute Gasteiger partial charge is 0.484 e. The summed E-state index contributed by atoms with van der Waals surface area (Å²) in [4.78, 5) is 19.5. The van der Waals surface area contributed by atoms with E-state index in [-0.39, 0.29) is 12.5 Å². The third-order valence-electron chi connectivity index (χ3n) is 3.61. The van der Waals surface area contributed by atoms with E-state index in [0.717, 1.165) is 33.7 Å². The van der Waals surface area contributed by atoms with Crippen LogP contribution in [0.4, 0.5) is 0 Å². The molecule has 0 aliphatic rings. The molecule has 0 atom stereocenters. The van der Waals surface area contributed by atoms with Crippen molar-refractivity contribution in [1.29, 1.82) is 0 Å². The molecule has 5 heteroatoms. The van der Waals surface area contributed by atoms with Crippen LogP contribution in [0, 0.1) is 13.8 Å². The molecule has 0 aliphatic carbocycles. The standard InChI is InChI=1S/C18H19N3O2/c1-12-5-3-4-6-17(12)23-11-18(22)19-10-14-7-8-15-16(9-14)21-13(2)20-15/h3-9H,10-11H2,1-2H3,(H,19,22)(H,20,21). The van der Waals surface area contributed by atoms with Gasteiger partial charge in [0.2, 0.25) is 0 Å². The van der Waals surface area contributed by atoms with Crippen LogP contribution in [-0.4, -0.2) is 22.5 Å².